The smallest absolute Gasteiger partial charge is 0.111 e. The summed E-state index contributed by atoms with van der Waals surface area (Å²) < 4.78 is 0. The number of benzene rings is 1. The number of aromatic nitrogens is 2. The molecule has 1 aliphatic heterocycles. The Morgan fingerprint density at radius 3 is 2.75 bits per heavy atom. The van der Waals surface area contributed by atoms with Crippen molar-refractivity contribution in [1.82, 2.24) is 14.9 Å². The zero-order chi connectivity index (χ0) is 13.9. The fraction of sp³-hybridized carbons (Fsp3) is 0.562. The van der Waals surface area contributed by atoms with E-state index in [4.69, 9.17) is 10.7 Å². The summed E-state index contributed by atoms with van der Waals surface area (Å²) in [4.78, 5) is 10.7. The van der Waals surface area contributed by atoms with Crippen molar-refractivity contribution >= 4 is 11.0 Å². The third-order valence-electron chi connectivity index (χ3n) is 4.66. The summed E-state index contributed by atoms with van der Waals surface area (Å²) in [5, 5.41) is 0. The minimum atomic E-state index is 0.362. The molecule has 108 valence electrons. The Kier molecular flexibility index (Phi) is 4.03. The molecule has 0 spiro atoms. The second-order valence-electron chi connectivity index (χ2n) is 5.75. The van der Waals surface area contributed by atoms with Gasteiger partial charge in [0.1, 0.15) is 5.82 Å². The number of nitrogens with zero attached hydrogens (tertiary/aromatic N) is 2. The van der Waals surface area contributed by atoms with E-state index < -0.39 is 0 Å². The third kappa shape index (κ3) is 2.58. The van der Waals surface area contributed by atoms with Crippen molar-refractivity contribution in [2.45, 2.75) is 25.7 Å². The Morgan fingerprint density at radius 2 is 2.10 bits per heavy atom. The third-order valence-corrected chi connectivity index (χ3v) is 4.66. The molecule has 3 N–H and O–H groups in total. The molecule has 1 saturated heterocycles. The summed E-state index contributed by atoms with van der Waals surface area (Å²) in [7, 11) is 0. The predicted molar refractivity (Wildman–Crippen MR) is 82.7 cm³/mol. The molecule has 0 bridgehead atoms. The number of rotatable bonds is 4. The molecule has 0 saturated carbocycles. The van der Waals surface area contributed by atoms with E-state index in [2.05, 4.69) is 28.9 Å². The van der Waals surface area contributed by atoms with Gasteiger partial charge < -0.3 is 15.6 Å². The van der Waals surface area contributed by atoms with Crippen LogP contribution in [0.1, 0.15) is 31.5 Å². The molecule has 1 atom stereocenters. The Morgan fingerprint density at radius 1 is 1.35 bits per heavy atom. The first-order chi connectivity index (χ1) is 9.81. The zero-order valence-electron chi connectivity index (χ0n) is 12.2. The minimum Gasteiger partial charge on any atom is -0.342 e. The van der Waals surface area contributed by atoms with Crippen LogP contribution in [-0.2, 0) is 0 Å². The number of aromatic amines is 1. The number of piperidine rings is 1. The van der Waals surface area contributed by atoms with Crippen LogP contribution in [0.15, 0.2) is 24.3 Å². The van der Waals surface area contributed by atoms with Gasteiger partial charge in [-0.3, -0.25) is 0 Å². The SMILES string of the molecule is CCN1CCC(C(CN)c2nc3ccccc3[nH]2)CC1. The van der Waals surface area contributed by atoms with Gasteiger partial charge in [-0.2, -0.15) is 0 Å². The van der Waals surface area contributed by atoms with E-state index in [1.54, 1.807) is 0 Å². The molecule has 3 rings (SSSR count). The summed E-state index contributed by atoms with van der Waals surface area (Å²) in [5.74, 6) is 2.09. The van der Waals surface area contributed by atoms with E-state index in [0.717, 1.165) is 23.4 Å². The largest absolute Gasteiger partial charge is 0.342 e. The first-order valence-corrected chi connectivity index (χ1v) is 7.69. The van der Waals surface area contributed by atoms with Crippen molar-refractivity contribution in [2.75, 3.05) is 26.2 Å². The number of H-pyrrole nitrogens is 1. The van der Waals surface area contributed by atoms with Gasteiger partial charge >= 0.3 is 0 Å². The van der Waals surface area contributed by atoms with Crippen LogP contribution in [0.3, 0.4) is 0 Å². The molecule has 1 aliphatic rings. The van der Waals surface area contributed by atoms with Crippen molar-refractivity contribution in [2.24, 2.45) is 11.7 Å². The molecule has 0 aliphatic carbocycles. The molecule has 20 heavy (non-hydrogen) atoms. The molecule has 2 heterocycles. The number of nitrogens with one attached hydrogen (secondary N) is 1. The van der Waals surface area contributed by atoms with E-state index in [0.29, 0.717) is 18.4 Å². The molecule has 4 nitrogen and oxygen atoms in total. The van der Waals surface area contributed by atoms with Crippen molar-refractivity contribution in [3.8, 4) is 0 Å². The summed E-state index contributed by atoms with van der Waals surface area (Å²) in [6.07, 6.45) is 2.46. The van der Waals surface area contributed by atoms with Gasteiger partial charge in [-0.25, -0.2) is 4.98 Å². The van der Waals surface area contributed by atoms with Crippen LogP contribution >= 0.6 is 0 Å². The van der Waals surface area contributed by atoms with E-state index >= 15 is 0 Å². The summed E-state index contributed by atoms with van der Waals surface area (Å²) in [5.41, 5.74) is 8.22. The van der Waals surface area contributed by atoms with Crippen LogP contribution in [0.25, 0.3) is 11.0 Å². The van der Waals surface area contributed by atoms with Crippen molar-refractivity contribution in [3.63, 3.8) is 0 Å². The van der Waals surface area contributed by atoms with Crippen LogP contribution in [0, 0.1) is 5.92 Å². The first-order valence-electron chi connectivity index (χ1n) is 7.69. The molecule has 1 fully saturated rings. The lowest BCUT2D eigenvalue weighted by Gasteiger charge is -2.34. The van der Waals surface area contributed by atoms with Gasteiger partial charge in [0.05, 0.1) is 11.0 Å². The summed E-state index contributed by atoms with van der Waals surface area (Å²) >= 11 is 0. The van der Waals surface area contributed by atoms with E-state index in [9.17, 15) is 0 Å². The first kappa shape index (κ1) is 13.6. The molecule has 0 radical (unpaired) electrons. The summed E-state index contributed by atoms with van der Waals surface area (Å²) in [6.45, 7) is 6.46. The molecular weight excluding hydrogens is 248 g/mol. The normalized spacial score (nSPS) is 19.5. The molecule has 1 aromatic carbocycles. The number of nitrogens with two attached hydrogens (primary N) is 1. The van der Waals surface area contributed by atoms with Crippen LogP contribution in [-0.4, -0.2) is 41.0 Å². The number of hydrogen-bond donors (Lipinski definition) is 2. The average molecular weight is 272 g/mol. The van der Waals surface area contributed by atoms with Gasteiger partial charge in [0, 0.05) is 12.5 Å². The van der Waals surface area contributed by atoms with Gasteiger partial charge in [0.2, 0.25) is 0 Å². The quantitative estimate of drug-likeness (QED) is 0.898. The van der Waals surface area contributed by atoms with Gasteiger partial charge in [-0.1, -0.05) is 19.1 Å². The molecule has 0 amide bonds. The van der Waals surface area contributed by atoms with Crippen molar-refractivity contribution < 1.29 is 0 Å². The highest BCUT2D eigenvalue weighted by Crippen LogP contribution is 2.31. The molecule has 1 aromatic heterocycles. The lowest BCUT2D eigenvalue weighted by molar-refractivity contribution is 0.174. The summed E-state index contributed by atoms with van der Waals surface area (Å²) in [6, 6.07) is 8.22. The Bertz CT molecular complexity index is 521. The number of hydrogen-bond acceptors (Lipinski definition) is 3. The Balaban J connectivity index is 1.79. The van der Waals surface area contributed by atoms with Crippen LogP contribution in [0.5, 0.6) is 0 Å². The molecular formula is C16H24N4. The van der Waals surface area contributed by atoms with Gasteiger partial charge in [0.15, 0.2) is 0 Å². The van der Waals surface area contributed by atoms with Gasteiger partial charge in [-0.05, 0) is 50.5 Å². The monoisotopic (exact) mass is 272 g/mol. The minimum absolute atomic E-state index is 0.362. The number of likely N-dealkylation sites (tertiary alicyclic amines) is 1. The Labute approximate surface area is 120 Å². The number of para-hydroxylation sites is 2. The van der Waals surface area contributed by atoms with Crippen molar-refractivity contribution in [1.29, 1.82) is 0 Å². The lowest BCUT2D eigenvalue weighted by Crippen LogP contribution is -2.37. The maximum atomic E-state index is 6.05. The standard InChI is InChI=1S/C16H24N4/c1-2-20-9-7-12(8-10-20)13(11-17)16-18-14-5-3-4-6-15(14)19-16/h3-6,12-13H,2,7-11,17H2,1H3,(H,18,19). The Hall–Kier alpha value is -1.39. The van der Waals surface area contributed by atoms with E-state index in [1.807, 2.05) is 12.1 Å². The molecule has 1 unspecified atom stereocenters. The molecule has 2 aromatic rings. The topological polar surface area (TPSA) is 57.9 Å². The van der Waals surface area contributed by atoms with Crippen molar-refractivity contribution in [3.05, 3.63) is 30.1 Å². The number of imidazole rings is 1. The maximum absolute atomic E-state index is 6.05. The lowest BCUT2D eigenvalue weighted by atomic mass is 9.83. The zero-order valence-corrected chi connectivity index (χ0v) is 12.2. The maximum Gasteiger partial charge on any atom is 0.111 e. The van der Waals surface area contributed by atoms with Gasteiger partial charge in [-0.15, -0.1) is 0 Å². The van der Waals surface area contributed by atoms with Gasteiger partial charge in [0.25, 0.3) is 0 Å². The highest BCUT2D eigenvalue weighted by molar-refractivity contribution is 5.74. The molecule has 4 heteroatoms. The second kappa shape index (κ2) is 5.94. The highest BCUT2D eigenvalue weighted by atomic mass is 15.1. The second-order valence-corrected chi connectivity index (χ2v) is 5.75. The predicted octanol–water partition coefficient (Wildman–Crippen LogP) is 2.34. The van der Waals surface area contributed by atoms with Crippen LogP contribution < -0.4 is 5.73 Å². The van der Waals surface area contributed by atoms with Crippen LogP contribution in [0.4, 0.5) is 0 Å². The fourth-order valence-electron chi connectivity index (χ4n) is 3.35. The van der Waals surface area contributed by atoms with Crippen LogP contribution in [0.2, 0.25) is 0 Å². The fourth-order valence-corrected chi connectivity index (χ4v) is 3.35. The van der Waals surface area contributed by atoms with E-state index in [1.165, 1.54) is 25.9 Å². The highest BCUT2D eigenvalue weighted by Gasteiger charge is 2.28. The average Bonchev–Trinajstić information content (AvgIpc) is 2.92. The number of fused-ring (bicyclic) bond motifs is 1. The van der Waals surface area contributed by atoms with E-state index in [-0.39, 0.29) is 0 Å².